The second kappa shape index (κ2) is 6.95. The molecule has 2 aromatic heterocycles. The molecule has 0 bridgehead atoms. The van der Waals surface area contributed by atoms with Gasteiger partial charge in [-0.1, -0.05) is 18.2 Å². The highest BCUT2D eigenvalue weighted by atomic mass is 19.4. The van der Waals surface area contributed by atoms with Crippen LogP contribution in [0.15, 0.2) is 61.1 Å². The van der Waals surface area contributed by atoms with Crippen LogP contribution in [0, 0.1) is 0 Å². The number of benzene rings is 1. The number of carbonyl (C=O) groups is 1. The summed E-state index contributed by atoms with van der Waals surface area (Å²) >= 11 is 0. The third kappa shape index (κ3) is 3.40. The minimum atomic E-state index is -4.42. The first kappa shape index (κ1) is 18.0. The second-order valence-corrected chi connectivity index (χ2v) is 6.38. The molecule has 5 nitrogen and oxygen atoms in total. The van der Waals surface area contributed by atoms with Crippen molar-refractivity contribution < 1.29 is 18.0 Å². The molecule has 1 aliphatic heterocycles. The van der Waals surface area contributed by atoms with Crippen LogP contribution >= 0.6 is 0 Å². The number of nitrogens with zero attached hydrogens (tertiary/aromatic N) is 3. The predicted molar refractivity (Wildman–Crippen MR) is 98.6 cm³/mol. The zero-order valence-electron chi connectivity index (χ0n) is 14.5. The molecule has 142 valence electrons. The quantitative estimate of drug-likeness (QED) is 0.686. The molecular weight excluding hydrogens is 369 g/mol. The highest BCUT2D eigenvalue weighted by Crippen LogP contribution is 2.38. The van der Waals surface area contributed by atoms with E-state index in [0.717, 1.165) is 24.0 Å². The Labute approximate surface area is 158 Å². The van der Waals surface area contributed by atoms with Gasteiger partial charge in [0.15, 0.2) is 18.3 Å². The monoisotopic (exact) mass is 384 g/mol. The van der Waals surface area contributed by atoms with E-state index in [4.69, 9.17) is 0 Å². The number of halogens is 3. The van der Waals surface area contributed by atoms with Crippen molar-refractivity contribution in [1.29, 1.82) is 0 Å². The van der Waals surface area contributed by atoms with Gasteiger partial charge in [-0.05, 0) is 35.4 Å². The molecule has 0 amide bonds. The van der Waals surface area contributed by atoms with Crippen molar-refractivity contribution in [2.45, 2.75) is 18.9 Å². The number of pyridine rings is 2. The normalized spacial score (nSPS) is 15.8. The number of nitrogens with one attached hydrogen (secondary N) is 1. The highest BCUT2D eigenvalue weighted by Gasteiger charge is 2.32. The molecule has 1 unspecified atom stereocenters. The van der Waals surface area contributed by atoms with Crippen molar-refractivity contribution in [3.8, 4) is 11.1 Å². The molecule has 1 N–H and O–H groups in total. The number of fused-ring (bicyclic) bond motifs is 1. The van der Waals surface area contributed by atoms with Gasteiger partial charge < -0.3 is 10.2 Å². The Balaban J connectivity index is 1.72. The number of rotatable bonds is 4. The predicted octanol–water partition coefficient (Wildman–Crippen LogP) is 4.12. The van der Waals surface area contributed by atoms with Crippen molar-refractivity contribution in [3.63, 3.8) is 0 Å². The van der Waals surface area contributed by atoms with Crippen molar-refractivity contribution in [2.75, 3.05) is 10.2 Å². The van der Waals surface area contributed by atoms with E-state index < -0.39 is 17.9 Å². The van der Waals surface area contributed by atoms with E-state index in [1.54, 1.807) is 30.6 Å². The molecule has 28 heavy (non-hydrogen) atoms. The summed E-state index contributed by atoms with van der Waals surface area (Å²) in [5.74, 6) is 0.511. The first-order valence-corrected chi connectivity index (χ1v) is 8.51. The van der Waals surface area contributed by atoms with Gasteiger partial charge in [0.2, 0.25) is 0 Å². The molecule has 0 spiro atoms. The molecule has 0 radical (unpaired) electrons. The summed E-state index contributed by atoms with van der Waals surface area (Å²) in [5.41, 5.74) is 1.77. The number of carbonyl (C=O) groups excluding carboxylic acids is 1. The second-order valence-electron chi connectivity index (χ2n) is 6.38. The smallest absolute Gasteiger partial charge is 0.342 e. The standard InChI is InChI=1S/C20H15F3N4O/c21-20(22,23)16-5-1-4-14(7-16)15-8-17-19(25-10-15)26-18(12-28)27(17)11-13-3-2-6-24-9-13/h1-10,12,18H,11H2,(H,25,26). The summed E-state index contributed by atoms with van der Waals surface area (Å²) in [6.07, 6.45) is 0.586. The summed E-state index contributed by atoms with van der Waals surface area (Å²) in [4.78, 5) is 21.7. The van der Waals surface area contributed by atoms with Crippen LogP contribution in [0.5, 0.6) is 0 Å². The molecule has 1 atom stereocenters. The summed E-state index contributed by atoms with van der Waals surface area (Å²) < 4.78 is 39.1. The molecule has 0 fully saturated rings. The van der Waals surface area contributed by atoms with Crippen LogP contribution < -0.4 is 10.2 Å². The molecule has 0 aliphatic carbocycles. The van der Waals surface area contributed by atoms with Crippen molar-refractivity contribution in [2.24, 2.45) is 0 Å². The third-order valence-electron chi connectivity index (χ3n) is 4.53. The minimum Gasteiger partial charge on any atom is -0.342 e. The van der Waals surface area contributed by atoms with Gasteiger partial charge >= 0.3 is 6.18 Å². The van der Waals surface area contributed by atoms with Gasteiger partial charge in [0.1, 0.15) is 0 Å². The topological polar surface area (TPSA) is 58.1 Å². The van der Waals surface area contributed by atoms with Crippen LogP contribution in [0.25, 0.3) is 11.1 Å². The first-order chi connectivity index (χ1) is 13.5. The Bertz CT molecular complexity index is 1010. The number of aldehydes is 1. The summed E-state index contributed by atoms with van der Waals surface area (Å²) in [7, 11) is 0. The van der Waals surface area contributed by atoms with Gasteiger partial charge in [-0.25, -0.2) is 4.98 Å². The van der Waals surface area contributed by atoms with E-state index >= 15 is 0 Å². The Kier molecular flexibility index (Phi) is 4.46. The van der Waals surface area contributed by atoms with Crippen LogP contribution in [0.4, 0.5) is 24.7 Å². The molecule has 3 aromatic rings. The Morgan fingerprint density at radius 2 is 1.96 bits per heavy atom. The lowest BCUT2D eigenvalue weighted by atomic mass is 10.0. The molecule has 0 saturated heterocycles. The van der Waals surface area contributed by atoms with Crippen molar-refractivity contribution in [3.05, 3.63) is 72.2 Å². The van der Waals surface area contributed by atoms with E-state index in [1.165, 1.54) is 12.3 Å². The summed E-state index contributed by atoms with van der Waals surface area (Å²) in [6.45, 7) is 0.408. The van der Waals surface area contributed by atoms with Crippen LogP contribution in [-0.2, 0) is 17.5 Å². The van der Waals surface area contributed by atoms with Crippen molar-refractivity contribution in [1.82, 2.24) is 9.97 Å². The zero-order valence-corrected chi connectivity index (χ0v) is 14.5. The fourth-order valence-electron chi connectivity index (χ4n) is 3.16. The maximum absolute atomic E-state index is 13.0. The first-order valence-electron chi connectivity index (χ1n) is 8.51. The number of anilines is 2. The van der Waals surface area contributed by atoms with E-state index in [2.05, 4.69) is 15.3 Å². The van der Waals surface area contributed by atoms with Crippen LogP contribution in [0.3, 0.4) is 0 Å². The Morgan fingerprint density at radius 3 is 2.68 bits per heavy atom. The lowest BCUT2D eigenvalue weighted by Crippen LogP contribution is -2.36. The maximum Gasteiger partial charge on any atom is 0.416 e. The van der Waals surface area contributed by atoms with E-state index in [1.807, 2.05) is 11.0 Å². The van der Waals surface area contributed by atoms with E-state index in [-0.39, 0.29) is 0 Å². The van der Waals surface area contributed by atoms with Crippen LogP contribution in [0.2, 0.25) is 0 Å². The zero-order chi connectivity index (χ0) is 19.7. The fourth-order valence-corrected chi connectivity index (χ4v) is 3.16. The number of alkyl halides is 3. The fraction of sp³-hybridized carbons (Fsp3) is 0.150. The Morgan fingerprint density at radius 1 is 1.11 bits per heavy atom. The summed E-state index contributed by atoms with van der Waals surface area (Å²) in [5, 5.41) is 3.02. The lowest BCUT2D eigenvalue weighted by Gasteiger charge is -2.22. The Hall–Kier alpha value is -3.42. The summed E-state index contributed by atoms with van der Waals surface area (Å²) in [6, 6.07) is 10.5. The van der Waals surface area contributed by atoms with Crippen LogP contribution in [0.1, 0.15) is 11.1 Å². The lowest BCUT2D eigenvalue weighted by molar-refractivity contribution is -0.137. The average molecular weight is 384 g/mol. The molecule has 1 aliphatic rings. The molecule has 1 aromatic carbocycles. The maximum atomic E-state index is 13.0. The van der Waals surface area contributed by atoms with Crippen LogP contribution in [-0.4, -0.2) is 22.4 Å². The highest BCUT2D eigenvalue weighted by molar-refractivity contribution is 5.85. The SMILES string of the molecule is O=CC1Nc2ncc(-c3cccc(C(F)(F)F)c3)cc2N1Cc1cccnc1. The van der Waals surface area contributed by atoms with Gasteiger partial charge in [0, 0.05) is 30.7 Å². The van der Waals surface area contributed by atoms with Crippen molar-refractivity contribution >= 4 is 17.8 Å². The number of aromatic nitrogens is 2. The molecular formula is C20H15F3N4O. The van der Waals surface area contributed by atoms with E-state index in [9.17, 15) is 18.0 Å². The molecule has 0 saturated carbocycles. The molecule has 4 rings (SSSR count). The van der Waals surface area contributed by atoms with Gasteiger partial charge in [0.05, 0.1) is 11.3 Å². The number of hydrogen-bond acceptors (Lipinski definition) is 5. The minimum absolute atomic E-state index is 0.404. The van der Waals surface area contributed by atoms with Gasteiger partial charge in [-0.3, -0.25) is 9.78 Å². The van der Waals surface area contributed by atoms with E-state index in [0.29, 0.717) is 29.2 Å². The van der Waals surface area contributed by atoms with Gasteiger partial charge in [-0.2, -0.15) is 13.2 Å². The third-order valence-corrected chi connectivity index (χ3v) is 4.53. The number of hydrogen-bond donors (Lipinski definition) is 1. The van der Waals surface area contributed by atoms with Gasteiger partial charge in [0.25, 0.3) is 0 Å². The molecule has 8 heteroatoms. The average Bonchev–Trinajstić information content (AvgIpc) is 3.05. The molecule has 3 heterocycles. The van der Waals surface area contributed by atoms with Gasteiger partial charge in [-0.15, -0.1) is 0 Å². The largest absolute Gasteiger partial charge is 0.416 e.